The smallest absolute Gasteiger partial charge is 0.246 e. The van der Waals surface area contributed by atoms with Crippen molar-refractivity contribution in [3.8, 4) is 0 Å². The fourth-order valence-electron chi connectivity index (χ4n) is 1.15. The molecule has 86 valence electrons. The third-order valence-corrected chi connectivity index (χ3v) is 1.94. The number of aromatic nitrogens is 3. The van der Waals surface area contributed by atoms with Crippen molar-refractivity contribution in [2.24, 2.45) is 5.73 Å². The van der Waals surface area contributed by atoms with E-state index in [2.05, 4.69) is 20.5 Å². The molecule has 1 atom stereocenters. The molecule has 0 aliphatic carbocycles. The molecule has 0 aliphatic rings. The van der Waals surface area contributed by atoms with Crippen molar-refractivity contribution in [2.75, 3.05) is 5.32 Å². The lowest BCUT2D eigenvalue weighted by atomic mass is 9.97. The second-order valence-corrected chi connectivity index (χ2v) is 3.46. The van der Waals surface area contributed by atoms with E-state index in [1.807, 2.05) is 6.92 Å². The van der Waals surface area contributed by atoms with Crippen LogP contribution in [0.4, 0.5) is 5.95 Å². The summed E-state index contributed by atoms with van der Waals surface area (Å²) in [6.07, 6.45) is 2.81. The molecular weight excluding hydrogens is 218 g/mol. The van der Waals surface area contributed by atoms with Crippen molar-refractivity contribution in [1.82, 2.24) is 15.2 Å². The van der Waals surface area contributed by atoms with Crippen LogP contribution < -0.4 is 11.1 Å². The quantitative estimate of drug-likeness (QED) is 0.713. The molecule has 1 aromatic heterocycles. The van der Waals surface area contributed by atoms with E-state index in [0.29, 0.717) is 12.4 Å². The van der Waals surface area contributed by atoms with Crippen LogP contribution in [0.5, 0.6) is 0 Å². The van der Waals surface area contributed by atoms with Crippen molar-refractivity contribution in [3.63, 3.8) is 0 Å². The van der Waals surface area contributed by atoms with Crippen molar-refractivity contribution in [1.29, 1.82) is 0 Å². The molecule has 15 heavy (non-hydrogen) atoms. The van der Waals surface area contributed by atoms with E-state index >= 15 is 0 Å². The third-order valence-electron chi connectivity index (χ3n) is 1.94. The molecule has 7 heteroatoms. The molecule has 1 heterocycles. The molecule has 1 aromatic rings. The number of anilines is 1. The maximum atomic E-state index is 11.6. The van der Waals surface area contributed by atoms with Gasteiger partial charge in [0.2, 0.25) is 11.9 Å². The minimum atomic E-state index is -0.860. The molecule has 0 aliphatic heterocycles. The van der Waals surface area contributed by atoms with Gasteiger partial charge in [-0.25, -0.2) is 5.10 Å². The molecule has 1 amide bonds. The predicted molar refractivity (Wildman–Crippen MR) is 59.8 cm³/mol. The van der Waals surface area contributed by atoms with Gasteiger partial charge in [-0.15, -0.1) is 12.4 Å². The molecule has 6 nitrogen and oxygen atoms in total. The summed E-state index contributed by atoms with van der Waals surface area (Å²) in [5.74, 6) is 0.0684. The summed E-state index contributed by atoms with van der Waals surface area (Å²) < 4.78 is 0. The first-order valence-electron chi connectivity index (χ1n) is 4.52. The zero-order chi connectivity index (χ0) is 10.6. The van der Waals surface area contributed by atoms with Crippen LogP contribution in [0, 0.1) is 0 Å². The Morgan fingerprint density at radius 1 is 1.73 bits per heavy atom. The van der Waals surface area contributed by atoms with Gasteiger partial charge in [-0.3, -0.25) is 10.1 Å². The Morgan fingerprint density at radius 3 is 2.87 bits per heavy atom. The lowest BCUT2D eigenvalue weighted by Gasteiger charge is -2.21. The Morgan fingerprint density at radius 2 is 2.40 bits per heavy atom. The highest BCUT2D eigenvalue weighted by Gasteiger charge is 2.27. The number of nitrogens with two attached hydrogens (primary N) is 1. The molecule has 0 spiro atoms. The minimum Gasteiger partial charge on any atom is -0.318 e. The van der Waals surface area contributed by atoms with E-state index in [0.717, 1.165) is 6.42 Å². The summed E-state index contributed by atoms with van der Waals surface area (Å²) in [4.78, 5) is 15.4. The first-order valence-corrected chi connectivity index (χ1v) is 4.52. The Kier molecular flexibility index (Phi) is 5.24. The van der Waals surface area contributed by atoms with E-state index in [4.69, 9.17) is 5.73 Å². The summed E-state index contributed by atoms with van der Waals surface area (Å²) >= 11 is 0. The predicted octanol–water partition coefficient (Wildman–Crippen LogP) is 0.682. The number of hydrogen-bond donors (Lipinski definition) is 3. The Balaban J connectivity index is 0.00000196. The van der Waals surface area contributed by atoms with Crippen LogP contribution in [-0.2, 0) is 4.79 Å². The van der Waals surface area contributed by atoms with Crippen LogP contribution in [0.25, 0.3) is 0 Å². The van der Waals surface area contributed by atoms with Gasteiger partial charge < -0.3 is 5.73 Å². The van der Waals surface area contributed by atoms with Gasteiger partial charge in [-0.05, 0) is 13.3 Å². The fourth-order valence-corrected chi connectivity index (χ4v) is 1.15. The number of rotatable bonds is 4. The number of carbonyl (C=O) groups excluding carboxylic acids is 1. The molecule has 0 saturated heterocycles. The van der Waals surface area contributed by atoms with E-state index in [-0.39, 0.29) is 18.3 Å². The lowest BCUT2D eigenvalue weighted by molar-refractivity contribution is -0.120. The molecule has 0 fully saturated rings. The van der Waals surface area contributed by atoms with Crippen molar-refractivity contribution in [3.05, 3.63) is 6.33 Å². The average Bonchev–Trinajstić information content (AvgIpc) is 2.56. The molecule has 1 unspecified atom stereocenters. The zero-order valence-electron chi connectivity index (χ0n) is 8.78. The molecular formula is C8H16ClN5O. The van der Waals surface area contributed by atoms with Crippen LogP contribution in [0.1, 0.15) is 26.7 Å². The maximum Gasteiger partial charge on any atom is 0.246 e. The molecule has 0 radical (unpaired) electrons. The highest BCUT2D eigenvalue weighted by atomic mass is 35.5. The summed E-state index contributed by atoms with van der Waals surface area (Å²) in [7, 11) is 0. The largest absolute Gasteiger partial charge is 0.318 e. The van der Waals surface area contributed by atoms with Gasteiger partial charge in [0, 0.05) is 0 Å². The topological polar surface area (TPSA) is 96.7 Å². The monoisotopic (exact) mass is 233 g/mol. The highest BCUT2D eigenvalue weighted by Crippen LogP contribution is 2.10. The maximum absolute atomic E-state index is 11.6. The summed E-state index contributed by atoms with van der Waals surface area (Å²) in [6.45, 7) is 3.68. The summed E-state index contributed by atoms with van der Waals surface area (Å²) in [6, 6.07) is 0. The number of halogens is 1. The summed E-state index contributed by atoms with van der Waals surface area (Å²) in [5.41, 5.74) is 4.95. The SMILES string of the molecule is CCCC(C)(N)C(=O)Nc1ncn[nH]1.Cl. The second-order valence-electron chi connectivity index (χ2n) is 3.46. The average molecular weight is 234 g/mol. The van der Waals surface area contributed by atoms with Crippen LogP contribution in [0.3, 0.4) is 0 Å². The normalized spacial score (nSPS) is 13.8. The number of hydrogen-bond acceptors (Lipinski definition) is 4. The Bertz CT molecular complexity index is 298. The van der Waals surface area contributed by atoms with Gasteiger partial charge in [0.15, 0.2) is 0 Å². The van der Waals surface area contributed by atoms with Crippen molar-refractivity contribution >= 4 is 24.3 Å². The van der Waals surface area contributed by atoms with E-state index in [9.17, 15) is 4.79 Å². The molecule has 0 bridgehead atoms. The number of H-pyrrole nitrogens is 1. The van der Waals surface area contributed by atoms with Crippen LogP contribution in [-0.4, -0.2) is 26.6 Å². The Labute approximate surface area is 94.4 Å². The van der Waals surface area contributed by atoms with Crippen LogP contribution >= 0.6 is 12.4 Å². The van der Waals surface area contributed by atoms with E-state index < -0.39 is 5.54 Å². The van der Waals surface area contributed by atoms with Gasteiger partial charge in [0.1, 0.15) is 6.33 Å². The van der Waals surface area contributed by atoms with Gasteiger partial charge in [-0.2, -0.15) is 10.1 Å². The first-order chi connectivity index (χ1) is 6.56. The second kappa shape index (κ2) is 5.67. The van der Waals surface area contributed by atoms with Crippen LogP contribution in [0.15, 0.2) is 6.33 Å². The number of amides is 1. The number of nitrogens with one attached hydrogen (secondary N) is 2. The van der Waals surface area contributed by atoms with E-state index in [1.54, 1.807) is 6.92 Å². The molecule has 0 aromatic carbocycles. The van der Waals surface area contributed by atoms with Crippen molar-refractivity contribution in [2.45, 2.75) is 32.2 Å². The van der Waals surface area contributed by atoms with Crippen molar-refractivity contribution < 1.29 is 4.79 Å². The van der Waals surface area contributed by atoms with Gasteiger partial charge in [0.05, 0.1) is 5.54 Å². The highest BCUT2D eigenvalue weighted by molar-refractivity contribution is 5.96. The lowest BCUT2D eigenvalue weighted by Crippen LogP contribution is -2.48. The standard InChI is InChI=1S/C8H15N5O.ClH/c1-3-4-8(2,9)6(14)12-7-10-5-11-13-7;/h5H,3-4,9H2,1-2H3,(H2,10,11,12,13,14);1H. The first kappa shape index (κ1) is 13.9. The zero-order valence-corrected chi connectivity index (χ0v) is 9.60. The summed E-state index contributed by atoms with van der Waals surface area (Å²) in [5, 5.41) is 8.70. The van der Waals surface area contributed by atoms with E-state index in [1.165, 1.54) is 6.33 Å². The van der Waals surface area contributed by atoms with Gasteiger partial charge in [0.25, 0.3) is 0 Å². The molecule has 0 saturated carbocycles. The number of carbonyl (C=O) groups is 1. The molecule has 4 N–H and O–H groups in total. The number of aromatic amines is 1. The molecule has 1 rings (SSSR count). The van der Waals surface area contributed by atoms with Gasteiger partial charge in [-0.1, -0.05) is 13.3 Å². The van der Waals surface area contributed by atoms with Gasteiger partial charge >= 0.3 is 0 Å². The third kappa shape index (κ3) is 3.85. The van der Waals surface area contributed by atoms with Crippen LogP contribution in [0.2, 0.25) is 0 Å². The fraction of sp³-hybridized carbons (Fsp3) is 0.625. The Hall–Kier alpha value is -1.14. The minimum absolute atomic E-state index is 0. The number of nitrogens with zero attached hydrogens (tertiary/aromatic N) is 2.